The van der Waals surface area contributed by atoms with Crippen molar-refractivity contribution in [3.63, 3.8) is 0 Å². The Labute approximate surface area is 143 Å². The summed E-state index contributed by atoms with van der Waals surface area (Å²) >= 11 is 3.24. The fraction of sp³-hybridized carbons (Fsp3) is 0.133. The maximum atomic E-state index is 12.2. The number of amides is 2. The number of carbonyl (C=O) groups is 1. The predicted octanol–water partition coefficient (Wildman–Crippen LogP) is 4.48. The molecule has 2 aromatic carbocycles. The van der Waals surface area contributed by atoms with E-state index in [0.717, 1.165) is 12.1 Å². The number of ether oxygens (including phenoxy) is 1. The third kappa shape index (κ3) is 5.43. The lowest BCUT2D eigenvalue weighted by molar-refractivity contribution is -0.274. The molecule has 0 aromatic heterocycles. The molecule has 0 aliphatic rings. The molecule has 0 unspecified atom stereocenters. The van der Waals surface area contributed by atoms with Crippen LogP contribution in [0.25, 0.3) is 0 Å². The van der Waals surface area contributed by atoms with Gasteiger partial charge in [-0.15, -0.1) is 13.2 Å². The van der Waals surface area contributed by atoms with E-state index >= 15 is 0 Å². The fourth-order valence-electron chi connectivity index (χ4n) is 1.86. The molecule has 0 aliphatic heterocycles. The minimum atomic E-state index is -4.81. The number of urea groups is 1. The summed E-state index contributed by atoms with van der Waals surface area (Å²) in [6.45, 7) is -0.280. The second kappa shape index (κ2) is 7.54. The van der Waals surface area contributed by atoms with Gasteiger partial charge in [-0.2, -0.15) is 0 Å². The van der Waals surface area contributed by atoms with Crippen LogP contribution in [0, 0.1) is 0 Å². The number of anilines is 2. The van der Waals surface area contributed by atoms with E-state index in [9.17, 15) is 23.1 Å². The Hall–Kier alpha value is -2.26. The Kier molecular flexibility index (Phi) is 5.68. The second-order valence-corrected chi connectivity index (χ2v) is 5.53. The first kappa shape index (κ1) is 18.1. The van der Waals surface area contributed by atoms with Crippen LogP contribution in [-0.4, -0.2) is 17.5 Å². The summed E-state index contributed by atoms with van der Waals surface area (Å²) in [5, 5.41) is 14.2. The van der Waals surface area contributed by atoms with Crippen LogP contribution < -0.4 is 15.4 Å². The molecule has 0 aliphatic carbocycles. The monoisotopic (exact) mass is 404 g/mol. The lowest BCUT2D eigenvalue weighted by atomic mass is 10.2. The molecule has 0 atom stereocenters. The van der Waals surface area contributed by atoms with Crippen molar-refractivity contribution in [1.82, 2.24) is 0 Å². The third-order valence-corrected chi connectivity index (χ3v) is 3.31. The van der Waals surface area contributed by atoms with Gasteiger partial charge >= 0.3 is 12.4 Å². The van der Waals surface area contributed by atoms with Gasteiger partial charge in [0.2, 0.25) is 0 Å². The highest BCUT2D eigenvalue weighted by atomic mass is 79.9. The smallest absolute Gasteiger partial charge is 0.406 e. The lowest BCUT2D eigenvalue weighted by Crippen LogP contribution is -2.21. The number of carbonyl (C=O) groups excluding carboxylic acids is 1. The van der Waals surface area contributed by atoms with Crippen LogP contribution in [-0.2, 0) is 6.61 Å². The fourth-order valence-corrected chi connectivity index (χ4v) is 2.22. The summed E-state index contributed by atoms with van der Waals surface area (Å²) in [6.07, 6.45) is -4.81. The van der Waals surface area contributed by atoms with Crippen molar-refractivity contribution in [3.8, 4) is 5.75 Å². The van der Waals surface area contributed by atoms with Crippen molar-refractivity contribution < 1.29 is 27.8 Å². The molecule has 2 rings (SSSR count). The predicted molar refractivity (Wildman–Crippen MR) is 85.8 cm³/mol. The largest absolute Gasteiger partial charge is 0.573 e. The standard InChI is InChI=1S/C15H12BrF3N2O3/c16-10-5-4-9(8-22)13(6-10)21-14(23)20-11-2-1-3-12(7-11)24-15(17,18)19/h1-7,22H,8H2,(H2,20,21,23). The highest BCUT2D eigenvalue weighted by Crippen LogP contribution is 2.25. The Balaban J connectivity index is 2.08. The number of aliphatic hydroxyl groups excluding tert-OH is 1. The van der Waals surface area contributed by atoms with Gasteiger partial charge in [-0.05, 0) is 24.3 Å². The Morgan fingerprint density at radius 2 is 1.92 bits per heavy atom. The minimum absolute atomic E-state index is 0.120. The molecule has 5 nitrogen and oxygen atoms in total. The van der Waals surface area contributed by atoms with E-state index in [1.165, 1.54) is 12.1 Å². The van der Waals surface area contributed by atoms with Crippen LogP contribution in [0.1, 0.15) is 5.56 Å². The highest BCUT2D eigenvalue weighted by Gasteiger charge is 2.31. The normalized spacial score (nSPS) is 11.0. The van der Waals surface area contributed by atoms with E-state index in [2.05, 4.69) is 31.3 Å². The van der Waals surface area contributed by atoms with Crippen molar-refractivity contribution in [1.29, 1.82) is 0 Å². The SMILES string of the molecule is O=C(Nc1cccc(OC(F)(F)F)c1)Nc1cc(Br)ccc1CO. The number of nitrogens with one attached hydrogen (secondary N) is 2. The number of halogens is 4. The van der Waals surface area contributed by atoms with Gasteiger partial charge in [-0.3, -0.25) is 0 Å². The average Bonchev–Trinajstić information content (AvgIpc) is 2.46. The molecule has 0 saturated carbocycles. The molecule has 0 saturated heterocycles. The topological polar surface area (TPSA) is 70.6 Å². The minimum Gasteiger partial charge on any atom is -0.406 e. The molecule has 0 heterocycles. The highest BCUT2D eigenvalue weighted by molar-refractivity contribution is 9.10. The maximum Gasteiger partial charge on any atom is 0.573 e. The van der Waals surface area contributed by atoms with Gasteiger partial charge in [0.05, 0.1) is 6.61 Å². The van der Waals surface area contributed by atoms with Crippen molar-refractivity contribution in [2.24, 2.45) is 0 Å². The number of benzene rings is 2. The molecule has 9 heteroatoms. The quantitative estimate of drug-likeness (QED) is 0.703. The second-order valence-electron chi connectivity index (χ2n) is 4.61. The van der Waals surface area contributed by atoms with E-state index < -0.39 is 18.1 Å². The molecule has 128 valence electrons. The van der Waals surface area contributed by atoms with Crippen molar-refractivity contribution in [2.75, 3.05) is 10.6 Å². The van der Waals surface area contributed by atoms with Gasteiger partial charge < -0.3 is 20.5 Å². The van der Waals surface area contributed by atoms with Gasteiger partial charge in [-0.1, -0.05) is 28.1 Å². The first-order valence-corrected chi connectivity index (χ1v) is 7.39. The van der Waals surface area contributed by atoms with Crippen LogP contribution in [0.5, 0.6) is 5.75 Å². The van der Waals surface area contributed by atoms with E-state index in [1.54, 1.807) is 18.2 Å². The molecule has 3 N–H and O–H groups in total. The van der Waals surface area contributed by atoms with Crippen LogP contribution in [0.3, 0.4) is 0 Å². The van der Waals surface area contributed by atoms with Crippen molar-refractivity contribution >= 4 is 33.3 Å². The summed E-state index contributed by atoms with van der Waals surface area (Å²) in [4.78, 5) is 12.0. The Morgan fingerprint density at radius 1 is 1.17 bits per heavy atom. The molecular formula is C15H12BrF3N2O3. The van der Waals surface area contributed by atoms with Gasteiger partial charge in [0.15, 0.2) is 0 Å². The molecule has 0 spiro atoms. The maximum absolute atomic E-state index is 12.2. The zero-order chi connectivity index (χ0) is 17.7. The first-order valence-electron chi connectivity index (χ1n) is 6.60. The summed E-state index contributed by atoms with van der Waals surface area (Å²) < 4.78 is 41.1. The first-order chi connectivity index (χ1) is 11.3. The third-order valence-electron chi connectivity index (χ3n) is 2.82. The number of alkyl halides is 3. The Bertz CT molecular complexity index is 738. The molecule has 0 bridgehead atoms. The Morgan fingerprint density at radius 3 is 2.58 bits per heavy atom. The van der Waals surface area contributed by atoms with Crippen LogP contribution in [0.15, 0.2) is 46.9 Å². The van der Waals surface area contributed by atoms with Gasteiger partial charge in [0.1, 0.15) is 5.75 Å². The molecule has 24 heavy (non-hydrogen) atoms. The van der Waals surface area contributed by atoms with E-state index in [-0.39, 0.29) is 12.3 Å². The zero-order valence-corrected chi connectivity index (χ0v) is 13.6. The summed E-state index contributed by atoms with van der Waals surface area (Å²) in [6, 6.07) is 9.13. The number of aliphatic hydroxyl groups is 1. The van der Waals surface area contributed by atoms with Crippen LogP contribution in [0.2, 0.25) is 0 Å². The van der Waals surface area contributed by atoms with Crippen LogP contribution in [0.4, 0.5) is 29.3 Å². The summed E-state index contributed by atoms with van der Waals surface area (Å²) in [5.74, 6) is -0.446. The average molecular weight is 405 g/mol. The number of hydrogen-bond donors (Lipinski definition) is 3. The van der Waals surface area contributed by atoms with Crippen molar-refractivity contribution in [2.45, 2.75) is 13.0 Å². The zero-order valence-electron chi connectivity index (χ0n) is 12.0. The molecule has 0 radical (unpaired) electrons. The van der Waals surface area contributed by atoms with E-state index in [0.29, 0.717) is 15.7 Å². The number of rotatable bonds is 4. The molecular weight excluding hydrogens is 393 g/mol. The van der Waals surface area contributed by atoms with Gasteiger partial charge in [-0.25, -0.2) is 4.79 Å². The lowest BCUT2D eigenvalue weighted by Gasteiger charge is -2.13. The van der Waals surface area contributed by atoms with Crippen molar-refractivity contribution in [3.05, 3.63) is 52.5 Å². The van der Waals surface area contributed by atoms with E-state index in [1.807, 2.05) is 0 Å². The van der Waals surface area contributed by atoms with E-state index in [4.69, 9.17) is 0 Å². The molecule has 2 aromatic rings. The molecule has 0 fully saturated rings. The van der Waals surface area contributed by atoms with Crippen LogP contribution >= 0.6 is 15.9 Å². The van der Waals surface area contributed by atoms with Gasteiger partial charge in [0.25, 0.3) is 0 Å². The molecule has 2 amide bonds. The number of hydrogen-bond acceptors (Lipinski definition) is 3. The van der Waals surface area contributed by atoms with Gasteiger partial charge in [0, 0.05) is 27.5 Å². The summed E-state index contributed by atoms with van der Waals surface area (Å²) in [7, 11) is 0. The summed E-state index contributed by atoms with van der Waals surface area (Å²) in [5.41, 5.74) is 0.976.